The number of hydrogen-bond donors (Lipinski definition) is 2. The van der Waals surface area contributed by atoms with Crippen LogP contribution >= 0.6 is 0 Å². The lowest BCUT2D eigenvalue weighted by atomic mass is 10.0. The van der Waals surface area contributed by atoms with Crippen LogP contribution in [-0.2, 0) is 7.05 Å². The Morgan fingerprint density at radius 3 is 2.58 bits per heavy atom. The molecule has 0 radical (unpaired) electrons. The van der Waals surface area contributed by atoms with Crippen molar-refractivity contribution in [3.8, 4) is 5.75 Å². The summed E-state index contributed by atoms with van der Waals surface area (Å²) in [4.78, 5) is 18.7. The number of anilines is 4. The third-order valence-electron chi connectivity index (χ3n) is 7.55. The smallest absolute Gasteiger partial charge is 0.301 e. The molecule has 38 heavy (non-hydrogen) atoms. The normalized spacial score (nSPS) is 22.3. The van der Waals surface area contributed by atoms with E-state index in [2.05, 4.69) is 15.6 Å². The van der Waals surface area contributed by atoms with Crippen molar-refractivity contribution in [3.63, 3.8) is 0 Å². The zero-order valence-corrected chi connectivity index (χ0v) is 20.5. The molecular weight excluding hydrogens is 509 g/mol. The second-order valence-corrected chi connectivity index (χ2v) is 10.3. The Kier molecular flexibility index (Phi) is 5.69. The second-order valence-electron chi connectivity index (χ2n) is 10.3. The number of halogens is 5. The highest BCUT2D eigenvalue weighted by atomic mass is 19.3. The number of fused-ring (bicyclic) bond motifs is 3. The molecule has 0 bridgehead atoms. The minimum atomic E-state index is -3.16. The minimum Gasteiger partial charge on any atom is -0.480 e. The molecule has 1 saturated heterocycles. The monoisotopic (exact) mass is 535 g/mol. The van der Waals surface area contributed by atoms with E-state index in [0.717, 1.165) is 6.20 Å². The van der Waals surface area contributed by atoms with Crippen molar-refractivity contribution in [2.45, 2.75) is 43.6 Å². The predicted molar refractivity (Wildman–Crippen MR) is 134 cm³/mol. The summed E-state index contributed by atoms with van der Waals surface area (Å²) in [6, 6.07) is 5.20. The number of nitrogens with one attached hydrogen (secondary N) is 2. The molecule has 0 spiro atoms. The molecule has 4 heterocycles. The van der Waals surface area contributed by atoms with Gasteiger partial charge in [0.25, 0.3) is 11.5 Å². The number of benzene rings is 1. The first-order valence-electron chi connectivity index (χ1n) is 12.5. The molecule has 3 aromatic rings. The summed E-state index contributed by atoms with van der Waals surface area (Å²) in [7, 11) is 1.53. The zero-order chi connectivity index (χ0) is 26.8. The molecule has 2 aliphatic heterocycles. The van der Waals surface area contributed by atoms with Crippen molar-refractivity contribution in [3.05, 3.63) is 46.6 Å². The standard InChI is InChI=1S/C26H26F5N5O2/c1-35-19-5-4-15(33-18-11-20(32-12-17(18)27)36-8-6-25(28,29)7-9-36)10-16(19)21-22(24(35)37)38-13-26(30,31)23(34-21)14-2-3-14/h4-5,10-12,14,23,34H,2-3,6-9,13H2,1H3,(H,32,33). The van der Waals surface area contributed by atoms with E-state index in [4.69, 9.17) is 4.74 Å². The minimum absolute atomic E-state index is 0.0780. The molecule has 0 amide bonds. The summed E-state index contributed by atoms with van der Waals surface area (Å²) in [6.07, 6.45) is 1.74. The molecule has 1 aromatic carbocycles. The van der Waals surface area contributed by atoms with Gasteiger partial charge < -0.3 is 24.8 Å². The number of nitrogens with zero attached hydrogens (tertiary/aromatic N) is 3. The van der Waals surface area contributed by atoms with Gasteiger partial charge in [0.15, 0.2) is 12.4 Å². The summed E-state index contributed by atoms with van der Waals surface area (Å²) >= 11 is 0. The molecule has 1 saturated carbocycles. The van der Waals surface area contributed by atoms with Crippen LogP contribution in [0.4, 0.5) is 44.8 Å². The van der Waals surface area contributed by atoms with E-state index in [9.17, 15) is 26.7 Å². The van der Waals surface area contributed by atoms with E-state index >= 15 is 0 Å². The number of pyridine rings is 2. The van der Waals surface area contributed by atoms with Crippen molar-refractivity contribution in [1.82, 2.24) is 9.55 Å². The summed E-state index contributed by atoms with van der Waals surface area (Å²) in [5, 5.41) is 6.36. The molecule has 1 unspecified atom stereocenters. The Morgan fingerprint density at radius 2 is 1.87 bits per heavy atom. The first-order valence-corrected chi connectivity index (χ1v) is 12.5. The number of alkyl halides is 4. The Hall–Kier alpha value is -3.57. The maximum absolute atomic E-state index is 14.9. The van der Waals surface area contributed by atoms with Gasteiger partial charge in [0, 0.05) is 50.1 Å². The van der Waals surface area contributed by atoms with Crippen LogP contribution in [0.1, 0.15) is 25.7 Å². The van der Waals surface area contributed by atoms with Gasteiger partial charge in [-0.2, -0.15) is 0 Å². The van der Waals surface area contributed by atoms with Crippen LogP contribution in [0.5, 0.6) is 5.75 Å². The van der Waals surface area contributed by atoms with Gasteiger partial charge in [0.05, 0.1) is 29.1 Å². The number of rotatable bonds is 4. The van der Waals surface area contributed by atoms with E-state index in [1.165, 1.54) is 17.7 Å². The van der Waals surface area contributed by atoms with Crippen LogP contribution in [0.25, 0.3) is 10.9 Å². The quantitative estimate of drug-likeness (QED) is 0.444. The first-order chi connectivity index (χ1) is 18.0. The SMILES string of the molecule is Cn1c(=O)c2c(c3cc(Nc4cc(N5CCC(F)(F)CC5)ncc4F)ccc31)NC(C1CC1)C(F)(F)CO2. The molecular formula is C26H26F5N5O2. The van der Waals surface area contributed by atoms with Gasteiger partial charge in [0.1, 0.15) is 5.82 Å². The summed E-state index contributed by atoms with van der Waals surface area (Å²) < 4.78 is 78.3. The third-order valence-corrected chi connectivity index (χ3v) is 7.55. The van der Waals surface area contributed by atoms with Crippen LogP contribution in [0.15, 0.2) is 35.3 Å². The molecule has 6 rings (SSSR count). The molecule has 1 atom stereocenters. The average molecular weight is 536 g/mol. The average Bonchev–Trinajstić information content (AvgIpc) is 3.71. The number of ether oxygens (including phenoxy) is 1. The van der Waals surface area contributed by atoms with Crippen LogP contribution in [0.2, 0.25) is 0 Å². The lowest BCUT2D eigenvalue weighted by Gasteiger charge is -2.32. The fourth-order valence-electron chi connectivity index (χ4n) is 5.20. The van der Waals surface area contributed by atoms with Gasteiger partial charge in [-0.15, -0.1) is 0 Å². The van der Waals surface area contributed by atoms with Crippen molar-refractivity contribution in [2.24, 2.45) is 13.0 Å². The molecule has 12 heteroatoms. The highest BCUT2D eigenvalue weighted by Gasteiger charge is 2.51. The molecule has 7 nitrogen and oxygen atoms in total. The maximum atomic E-state index is 14.9. The lowest BCUT2D eigenvalue weighted by molar-refractivity contribution is -0.0579. The Bertz CT molecular complexity index is 1460. The van der Waals surface area contributed by atoms with Crippen molar-refractivity contribution < 1.29 is 26.7 Å². The van der Waals surface area contributed by atoms with Gasteiger partial charge in [-0.05, 0) is 37.0 Å². The predicted octanol–water partition coefficient (Wildman–Crippen LogP) is 5.27. The molecule has 202 valence electrons. The van der Waals surface area contributed by atoms with E-state index in [1.54, 1.807) is 23.1 Å². The van der Waals surface area contributed by atoms with Crippen molar-refractivity contribution in [1.29, 1.82) is 0 Å². The summed E-state index contributed by atoms with van der Waals surface area (Å²) in [5.74, 6) is -6.57. The molecule has 1 aliphatic carbocycles. The van der Waals surface area contributed by atoms with Crippen molar-refractivity contribution in [2.75, 3.05) is 35.2 Å². The van der Waals surface area contributed by atoms with Crippen LogP contribution in [0, 0.1) is 11.7 Å². The maximum Gasteiger partial charge on any atom is 0.301 e. The molecule has 2 aromatic heterocycles. The fraction of sp³-hybridized carbons (Fsp3) is 0.462. The second kappa shape index (κ2) is 8.74. The summed E-state index contributed by atoms with van der Waals surface area (Å²) in [6.45, 7) is -0.709. The van der Waals surface area contributed by atoms with Gasteiger partial charge in [-0.1, -0.05) is 0 Å². The highest BCUT2D eigenvalue weighted by molar-refractivity contribution is 5.97. The number of piperidine rings is 1. The highest BCUT2D eigenvalue weighted by Crippen LogP contribution is 2.45. The van der Waals surface area contributed by atoms with E-state index in [1.807, 2.05) is 0 Å². The number of hydrogen-bond acceptors (Lipinski definition) is 6. The Balaban J connectivity index is 1.36. The van der Waals surface area contributed by atoms with Crippen LogP contribution in [0.3, 0.4) is 0 Å². The topological polar surface area (TPSA) is 71.4 Å². The van der Waals surface area contributed by atoms with Gasteiger partial charge in [-0.3, -0.25) is 4.79 Å². The number of aryl methyl sites for hydroxylation is 1. The van der Waals surface area contributed by atoms with Gasteiger partial charge in [-0.25, -0.2) is 26.9 Å². The fourth-order valence-corrected chi connectivity index (χ4v) is 5.20. The first kappa shape index (κ1) is 24.7. The lowest BCUT2D eigenvalue weighted by Crippen LogP contribution is -2.44. The third kappa shape index (κ3) is 4.39. The van der Waals surface area contributed by atoms with E-state index in [0.29, 0.717) is 35.2 Å². The van der Waals surface area contributed by atoms with Crippen molar-refractivity contribution >= 4 is 33.8 Å². The Morgan fingerprint density at radius 1 is 1.13 bits per heavy atom. The van der Waals surface area contributed by atoms with Gasteiger partial charge in [0.2, 0.25) is 5.75 Å². The van der Waals surface area contributed by atoms with E-state index in [-0.39, 0.29) is 49.0 Å². The molecule has 2 fully saturated rings. The Labute approximate surface area is 214 Å². The van der Waals surface area contributed by atoms with Crippen LogP contribution < -0.4 is 25.8 Å². The summed E-state index contributed by atoms with van der Waals surface area (Å²) in [5.41, 5.74) is 0.644. The molecule has 3 aliphatic rings. The molecule has 2 N–H and O–H groups in total. The zero-order valence-electron chi connectivity index (χ0n) is 20.5. The largest absolute Gasteiger partial charge is 0.480 e. The van der Waals surface area contributed by atoms with Gasteiger partial charge >= 0.3 is 5.92 Å². The van der Waals surface area contributed by atoms with E-state index < -0.39 is 35.9 Å². The number of aromatic nitrogens is 2. The van der Waals surface area contributed by atoms with Crippen LogP contribution in [-0.4, -0.2) is 47.1 Å².